The topological polar surface area (TPSA) is 43.7 Å². The predicted molar refractivity (Wildman–Crippen MR) is 76.8 cm³/mol. The van der Waals surface area contributed by atoms with Gasteiger partial charge in [0, 0.05) is 28.3 Å². The van der Waals surface area contributed by atoms with Crippen LogP contribution in [0.2, 0.25) is 0 Å². The minimum absolute atomic E-state index is 0.0312. The molecule has 0 amide bonds. The molecule has 0 radical (unpaired) electrons. The van der Waals surface area contributed by atoms with Gasteiger partial charge in [-0.25, -0.2) is 0 Å². The normalized spacial score (nSPS) is 16.2. The van der Waals surface area contributed by atoms with Crippen LogP contribution in [0.1, 0.15) is 31.2 Å². The molecule has 1 aromatic rings. The lowest BCUT2D eigenvalue weighted by molar-refractivity contribution is 0.279. The highest BCUT2D eigenvalue weighted by molar-refractivity contribution is 9.10. The maximum Gasteiger partial charge on any atom is 0.0702 e. The molecule has 100 valence electrons. The molecule has 0 aliphatic heterocycles. The first-order valence-corrected chi connectivity index (χ1v) is 7.32. The van der Waals surface area contributed by atoms with Crippen molar-refractivity contribution in [1.82, 2.24) is 0 Å². The zero-order chi connectivity index (χ0) is 13.0. The molecule has 1 aromatic carbocycles. The number of hydrogen-bond acceptors (Lipinski definition) is 3. The predicted octanol–water partition coefficient (Wildman–Crippen LogP) is 2.68. The van der Waals surface area contributed by atoms with Crippen molar-refractivity contribution in [3.8, 4) is 0 Å². The number of nitrogens with zero attached hydrogens (tertiary/aromatic N) is 1. The van der Waals surface area contributed by atoms with E-state index in [0.717, 1.165) is 15.7 Å². The fraction of sp³-hybridized carbons (Fsp3) is 0.571. The zero-order valence-corrected chi connectivity index (χ0v) is 12.1. The van der Waals surface area contributed by atoms with E-state index in [1.165, 1.54) is 25.7 Å². The molecule has 0 spiro atoms. The van der Waals surface area contributed by atoms with Gasteiger partial charge in [0.1, 0.15) is 0 Å². The Morgan fingerprint density at radius 2 is 1.94 bits per heavy atom. The molecule has 2 N–H and O–H groups in total. The van der Waals surface area contributed by atoms with Crippen LogP contribution in [0.5, 0.6) is 0 Å². The minimum atomic E-state index is 0.0312. The number of aliphatic hydroxyl groups is 2. The van der Waals surface area contributed by atoms with Gasteiger partial charge >= 0.3 is 0 Å². The van der Waals surface area contributed by atoms with E-state index >= 15 is 0 Å². The molecule has 18 heavy (non-hydrogen) atoms. The molecule has 3 nitrogen and oxygen atoms in total. The molecule has 1 saturated carbocycles. The first-order chi connectivity index (χ1) is 8.76. The summed E-state index contributed by atoms with van der Waals surface area (Å²) in [5.41, 5.74) is 1.98. The first-order valence-electron chi connectivity index (χ1n) is 6.53. The highest BCUT2D eigenvalue weighted by Gasteiger charge is 2.24. The van der Waals surface area contributed by atoms with Crippen molar-refractivity contribution in [2.75, 3.05) is 18.1 Å². The molecule has 1 aliphatic rings. The van der Waals surface area contributed by atoms with Gasteiger partial charge in [0.05, 0.1) is 13.2 Å². The summed E-state index contributed by atoms with van der Waals surface area (Å²) in [6, 6.07) is 6.48. The molecule has 4 heteroatoms. The van der Waals surface area contributed by atoms with Crippen molar-refractivity contribution in [1.29, 1.82) is 0 Å². The molecule has 0 aromatic heterocycles. The molecular formula is C14H20BrNO2. The number of aliphatic hydroxyl groups excluding tert-OH is 2. The maximum atomic E-state index is 9.49. The van der Waals surface area contributed by atoms with Crippen molar-refractivity contribution in [3.05, 3.63) is 28.2 Å². The number of halogens is 1. The quantitative estimate of drug-likeness (QED) is 0.878. The Morgan fingerprint density at radius 3 is 2.56 bits per heavy atom. The van der Waals surface area contributed by atoms with Crippen LogP contribution in [-0.4, -0.2) is 29.4 Å². The van der Waals surface area contributed by atoms with Crippen LogP contribution in [0.25, 0.3) is 0 Å². The molecule has 0 saturated heterocycles. The summed E-state index contributed by atoms with van der Waals surface area (Å²) in [7, 11) is 0. The Kier molecular flexibility index (Phi) is 5.03. The van der Waals surface area contributed by atoms with Gasteiger partial charge < -0.3 is 15.1 Å². The average molecular weight is 314 g/mol. The lowest BCUT2D eigenvalue weighted by Gasteiger charge is -2.32. The highest BCUT2D eigenvalue weighted by Crippen LogP contribution is 2.31. The summed E-state index contributed by atoms with van der Waals surface area (Å²) >= 11 is 3.43. The molecule has 2 rings (SSSR count). The third kappa shape index (κ3) is 3.05. The monoisotopic (exact) mass is 313 g/mol. The number of anilines is 1. The second-order valence-corrected chi connectivity index (χ2v) is 5.70. The van der Waals surface area contributed by atoms with Gasteiger partial charge in [-0.05, 0) is 31.0 Å². The molecule has 1 aliphatic carbocycles. The molecule has 1 fully saturated rings. The fourth-order valence-electron chi connectivity index (χ4n) is 2.78. The summed E-state index contributed by atoms with van der Waals surface area (Å²) in [5.74, 6) is 0. The summed E-state index contributed by atoms with van der Waals surface area (Å²) < 4.78 is 0.977. The van der Waals surface area contributed by atoms with Crippen LogP contribution in [0, 0.1) is 0 Å². The van der Waals surface area contributed by atoms with Crippen LogP contribution in [-0.2, 0) is 6.61 Å². The molecule has 0 heterocycles. The van der Waals surface area contributed by atoms with Gasteiger partial charge in [-0.15, -0.1) is 0 Å². The van der Waals surface area contributed by atoms with Crippen LogP contribution < -0.4 is 4.90 Å². The van der Waals surface area contributed by atoms with E-state index in [9.17, 15) is 10.2 Å². The van der Waals surface area contributed by atoms with E-state index in [0.29, 0.717) is 12.6 Å². The Balaban J connectivity index is 2.28. The van der Waals surface area contributed by atoms with E-state index in [-0.39, 0.29) is 13.2 Å². The van der Waals surface area contributed by atoms with E-state index in [4.69, 9.17) is 0 Å². The van der Waals surface area contributed by atoms with Crippen molar-refractivity contribution in [3.63, 3.8) is 0 Å². The largest absolute Gasteiger partial charge is 0.395 e. The van der Waals surface area contributed by atoms with Gasteiger partial charge in [-0.2, -0.15) is 0 Å². The lowest BCUT2D eigenvalue weighted by Crippen LogP contribution is -2.36. The molecule has 0 atom stereocenters. The van der Waals surface area contributed by atoms with Crippen molar-refractivity contribution < 1.29 is 10.2 Å². The lowest BCUT2D eigenvalue weighted by atomic mass is 10.1. The Bertz CT molecular complexity index is 391. The molecule has 0 unspecified atom stereocenters. The third-order valence-electron chi connectivity index (χ3n) is 3.63. The Labute approximate surface area is 117 Å². The summed E-state index contributed by atoms with van der Waals surface area (Å²) in [6.07, 6.45) is 4.89. The van der Waals surface area contributed by atoms with E-state index in [2.05, 4.69) is 20.8 Å². The smallest absolute Gasteiger partial charge is 0.0702 e. The van der Waals surface area contributed by atoms with Gasteiger partial charge in [0.2, 0.25) is 0 Å². The van der Waals surface area contributed by atoms with Crippen molar-refractivity contribution >= 4 is 21.6 Å². The van der Waals surface area contributed by atoms with Crippen LogP contribution in [0.4, 0.5) is 5.69 Å². The number of benzene rings is 1. The highest BCUT2D eigenvalue weighted by atomic mass is 79.9. The zero-order valence-electron chi connectivity index (χ0n) is 10.5. The summed E-state index contributed by atoms with van der Waals surface area (Å²) in [5, 5.41) is 18.8. The molecular weight excluding hydrogens is 294 g/mol. The number of hydrogen-bond donors (Lipinski definition) is 2. The maximum absolute atomic E-state index is 9.49. The SMILES string of the molecule is OCCN(c1ccc(Br)cc1CO)C1CCCC1. The van der Waals surface area contributed by atoms with Gasteiger partial charge in [0.15, 0.2) is 0 Å². The minimum Gasteiger partial charge on any atom is -0.395 e. The first kappa shape index (κ1) is 13.8. The van der Waals surface area contributed by atoms with E-state index in [1.807, 2.05) is 18.2 Å². The third-order valence-corrected chi connectivity index (χ3v) is 4.12. The molecule has 0 bridgehead atoms. The van der Waals surface area contributed by atoms with Crippen LogP contribution >= 0.6 is 15.9 Å². The second kappa shape index (κ2) is 6.55. The van der Waals surface area contributed by atoms with Crippen LogP contribution in [0.15, 0.2) is 22.7 Å². The van der Waals surface area contributed by atoms with E-state index < -0.39 is 0 Å². The van der Waals surface area contributed by atoms with Gasteiger partial charge in [-0.3, -0.25) is 0 Å². The Hall–Kier alpha value is -0.580. The van der Waals surface area contributed by atoms with Crippen molar-refractivity contribution in [2.24, 2.45) is 0 Å². The van der Waals surface area contributed by atoms with Crippen LogP contribution in [0.3, 0.4) is 0 Å². The Morgan fingerprint density at radius 1 is 1.22 bits per heavy atom. The second-order valence-electron chi connectivity index (χ2n) is 4.79. The van der Waals surface area contributed by atoms with Crippen molar-refractivity contribution in [2.45, 2.75) is 38.3 Å². The standard InChI is InChI=1S/C14H20BrNO2/c15-12-5-6-14(11(9-12)10-18)16(7-8-17)13-3-1-2-4-13/h5-6,9,13,17-18H,1-4,7-8,10H2. The number of rotatable bonds is 5. The van der Waals surface area contributed by atoms with E-state index in [1.54, 1.807) is 0 Å². The summed E-state index contributed by atoms with van der Waals surface area (Å²) in [4.78, 5) is 2.25. The average Bonchev–Trinajstić information content (AvgIpc) is 2.90. The van der Waals surface area contributed by atoms with Gasteiger partial charge in [-0.1, -0.05) is 28.8 Å². The fourth-order valence-corrected chi connectivity index (χ4v) is 3.19. The van der Waals surface area contributed by atoms with Gasteiger partial charge in [0.25, 0.3) is 0 Å². The summed E-state index contributed by atoms with van der Waals surface area (Å²) in [6.45, 7) is 0.820.